The second-order valence-electron chi connectivity index (χ2n) is 4.58. The molecule has 0 radical (unpaired) electrons. The van der Waals surface area contributed by atoms with Crippen LogP contribution in [0.1, 0.15) is 23.7 Å². The molecule has 1 N–H and O–H groups in total. The second kappa shape index (κ2) is 4.49. The average Bonchev–Trinajstić information content (AvgIpc) is 2.83. The number of benzene rings is 1. The average molecular weight is 250 g/mol. The Morgan fingerprint density at radius 1 is 1.39 bits per heavy atom. The Labute approximate surface area is 104 Å². The summed E-state index contributed by atoms with van der Waals surface area (Å²) < 4.78 is 15.4. The molecule has 1 aliphatic heterocycles. The summed E-state index contributed by atoms with van der Waals surface area (Å²) in [6, 6.07) is 3.76. The second-order valence-corrected chi connectivity index (χ2v) is 4.58. The van der Waals surface area contributed by atoms with Gasteiger partial charge in [0.05, 0.1) is 12.7 Å². The Bertz CT molecular complexity index is 471. The lowest BCUT2D eigenvalue weighted by Gasteiger charge is -2.29. The van der Waals surface area contributed by atoms with Crippen LogP contribution in [0.15, 0.2) is 12.1 Å². The standard InChI is InChI=1S/C13H14O5/c14-6-16-5-9-2-1-8-3-11-12(18-7-17-11)4-10(8)13(9)15/h3-4,6,9,13,15H,1-2,5,7H2/t9-,13+/m1/s1. The van der Waals surface area contributed by atoms with E-state index in [1.54, 1.807) is 0 Å². The molecule has 1 aromatic rings. The van der Waals surface area contributed by atoms with Gasteiger partial charge < -0.3 is 19.3 Å². The van der Waals surface area contributed by atoms with Gasteiger partial charge in [-0.2, -0.15) is 0 Å². The van der Waals surface area contributed by atoms with Crippen LogP contribution in [0.2, 0.25) is 0 Å². The predicted molar refractivity (Wildman–Crippen MR) is 61.4 cm³/mol. The van der Waals surface area contributed by atoms with Gasteiger partial charge >= 0.3 is 0 Å². The van der Waals surface area contributed by atoms with Crippen molar-refractivity contribution < 1.29 is 24.1 Å². The maximum absolute atomic E-state index is 10.3. The summed E-state index contributed by atoms with van der Waals surface area (Å²) in [6.07, 6.45) is 1.01. The Morgan fingerprint density at radius 3 is 2.94 bits per heavy atom. The molecule has 0 fully saturated rings. The topological polar surface area (TPSA) is 65.0 Å². The van der Waals surface area contributed by atoms with Crippen LogP contribution in [-0.2, 0) is 16.0 Å². The van der Waals surface area contributed by atoms with Crippen LogP contribution in [0.3, 0.4) is 0 Å². The van der Waals surface area contributed by atoms with Crippen molar-refractivity contribution in [3.8, 4) is 11.5 Å². The van der Waals surface area contributed by atoms with E-state index >= 15 is 0 Å². The van der Waals surface area contributed by atoms with E-state index < -0.39 is 6.10 Å². The Balaban J connectivity index is 1.88. The highest BCUT2D eigenvalue weighted by atomic mass is 16.7. The third kappa shape index (κ3) is 1.80. The highest BCUT2D eigenvalue weighted by Crippen LogP contribution is 2.42. The first kappa shape index (κ1) is 11.3. The summed E-state index contributed by atoms with van der Waals surface area (Å²) >= 11 is 0. The molecule has 96 valence electrons. The van der Waals surface area contributed by atoms with E-state index in [4.69, 9.17) is 14.2 Å². The molecular weight excluding hydrogens is 236 g/mol. The summed E-state index contributed by atoms with van der Waals surface area (Å²) in [5, 5.41) is 10.3. The number of fused-ring (bicyclic) bond motifs is 2. The number of ether oxygens (including phenoxy) is 3. The lowest BCUT2D eigenvalue weighted by molar-refractivity contribution is -0.131. The summed E-state index contributed by atoms with van der Waals surface area (Å²) in [4.78, 5) is 10.2. The molecule has 5 nitrogen and oxygen atoms in total. The molecule has 0 unspecified atom stereocenters. The number of hydrogen-bond acceptors (Lipinski definition) is 5. The molecule has 0 saturated heterocycles. The highest BCUT2D eigenvalue weighted by molar-refractivity contribution is 5.50. The number of rotatable bonds is 3. The molecule has 18 heavy (non-hydrogen) atoms. The number of carbonyl (C=O) groups is 1. The monoisotopic (exact) mass is 250 g/mol. The third-order valence-corrected chi connectivity index (χ3v) is 3.56. The molecule has 0 spiro atoms. The van der Waals surface area contributed by atoms with Crippen molar-refractivity contribution in [3.05, 3.63) is 23.3 Å². The summed E-state index contributed by atoms with van der Waals surface area (Å²) in [5.74, 6) is 1.36. The Hall–Kier alpha value is -1.75. The highest BCUT2D eigenvalue weighted by Gasteiger charge is 2.30. The zero-order valence-corrected chi connectivity index (χ0v) is 9.80. The minimum absolute atomic E-state index is 0.0527. The van der Waals surface area contributed by atoms with Gasteiger partial charge in [0.25, 0.3) is 6.47 Å². The van der Waals surface area contributed by atoms with Gasteiger partial charge in [-0.3, -0.25) is 4.79 Å². The van der Waals surface area contributed by atoms with Crippen LogP contribution in [0.4, 0.5) is 0 Å². The van der Waals surface area contributed by atoms with E-state index in [0.29, 0.717) is 12.2 Å². The van der Waals surface area contributed by atoms with E-state index in [0.717, 1.165) is 29.7 Å². The normalized spacial score (nSPS) is 24.5. The number of carbonyl (C=O) groups excluding carboxylic acids is 1. The molecule has 2 aliphatic rings. The van der Waals surface area contributed by atoms with Crippen molar-refractivity contribution in [3.63, 3.8) is 0 Å². The van der Waals surface area contributed by atoms with Gasteiger partial charge in [-0.25, -0.2) is 0 Å². The zero-order valence-electron chi connectivity index (χ0n) is 9.80. The van der Waals surface area contributed by atoms with Crippen molar-refractivity contribution in [2.45, 2.75) is 18.9 Å². The van der Waals surface area contributed by atoms with Crippen molar-refractivity contribution in [2.75, 3.05) is 13.4 Å². The maximum Gasteiger partial charge on any atom is 0.293 e. The van der Waals surface area contributed by atoms with E-state index in [1.807, 2.05) is 12.1 Å². The first-order valence-corrected chi connectivity index (χ1v) is 5.95. The molecule has 1 aliphatic carbocycles. The van der Waals surface area contributed by atoms with Crippen LogP contribution in [0.25, 0.3) is 0 Å². The van der Waals surface area contributed by atoms with E-state index in [1.165, 1.54) is 0 Å². The van der Waals surface area contributed by atoms with E-state index in [2.05, 4.69) is 0 Å². The third-order valence-electron chi connectivity index (χ3n) is 3.56. The molecule has 0 saturated carbocycles. The molecule has 1 heterocycles. The largest absolute Gasteiger partial charge is 0.467 e. The van der Waals surface area contributed by atoms with Gasteiger partial charge in [-0.1, -0.05) is 0 Å². The van der Waals surface area contributed by atoms with Crippen molar-refractivity contribution >= 4 is 6.47 Å². The summed E-state index contributed by atoms with van der Waals surface area (Å²) in [7, 11) is 0. The number of aryl methyl sites for hydroxylation is 1. The van der Waals surface area contributed by atoms with Crippen molar-refractivity contribution in [2.24, 2.45) is 5.92 Å². The molecule has 5 heteroatoms. The zero-order chi connectivity index (χ0) is 12.5. The number of aliphatic hydroxyl groups excluding tert-OH is 1. The van der Waals surface area contributed by atoms with Crippen LogP contribution in [0.5, 0.6) is 11.5 Å². The van der Waals surface area contributed by atoms with Gasteiger partial charge in [0, 0.05) is 5.92 Å². The van der Waals surface area contributed by atoms with Gasteiger partial charge in [-0.15, -0.1) is 0 Å². The molecule has 2 atom stereocenters. The van der Waals surface area contributed by atoms with Crippen LogP contribution < -0.4 is 9.47 Å². The fourth-order valence-corrected chi connectivity index (χ4v) is 2.58. The van der Waals surface area contributed by atoms with E-state index in [9.17, 15) is 9.90 Å². The molecule has 0 bridgehead atoms. The lowest BCUT2D eigenvalue weighted by Crippen LogP contribution is -2.24. The number of hydrogen-bond donors (Lipinski definition) is 1. The first-order chi connectivity index (χ1) is 8.79. The molecular formula is C13H14O5. The van der Waals surface area contributed by atoms with Gasteiger partial charge in [0.2, 0.25) is 6.79 Å². The molecule has 3 rings (SSSR count). The fourth-order valence-electron chi connectivity index (χ4n) is 2.58. The number of aliphatic hydroxyl groups is 1. The smallest absolute Gasteiger partial charge is 0.293 e. The fraction of sp³-hybridized carbons (Fsp3) is 0.462. The quantitative estimate of drug-likeness (QED) is 0.816. The molecule has 1 aromatic carbocycles. The molecule has 0 amide bonds. The molecule has 0 aromatic heterocycles. The summed E-state index contributed by atoms with van der Waals surface area (Å²) in [5.41, 5.74) is 1.93. The van der Waals surface area contributed by atoms with Gasteiger partial charge in [0.15, 0.2) is 11.5 Å². The predicted octanol–water partition coefficient (Wildman–Crippen LogP) is 1.18. The van der Waals surface area contributed by atoms with Crippen molar-refractivity contribution in [1.29, 1.82) is 0 Å². The SMILES string of the molecule is O=COC[C@H]1CCc2cc3c(cc2[C@H]1O)OCO3. The summed E-state index contributed by atoms with van der Waals surface area (Å²) in [6.45, 7) is 0.895. The lowest BCUT2D eigenvalue weighted by atomic mass is 9.81. The van der Waals surface area contributed by atoms with Crippen LogP contribution in [-0.4, -0.2) is 25.0 Å². The van der Waals surface area contributed by atoms with Crippen LogP contribution in [0, 0.1) is 5.92 Å². The van der Waals surface area contributed by atoms with Crippen LogP contribution >= 0.6 is 0 Å². The first-order valence-electron chi connectivity index (χ1n) is 5.95. The minimum Gasteiger partial charge on any atom is -0.467 e. The maximum atomic E-state index is 10.3. The van der Waals surface area contributed by atoms with E-state index in [-0.39, 0.29) is 19.3 Å². The minimum atomic E-state index is -0.622. The Morgan fingerprint density at radius 2 is 2.17 bits per heavy atom. The Kier molecular flexibility index (Phi) is 2.83. The van der Waals surface area contributed by atoms with Gasteiger partial charge in [-0.05, 0) is 36.1 Å². The van der Waals surface area contributed by atoms with Crippen molar-refractivity contribution in [1.82, 2.24) is 0 Å². The van der Waals surface area contributed by atoms with Gasteiger partial charge in [0.1, 0.15) is 0 Å².